The van der Waals surface area contributed by atoms with Gasteiger partial charge in [-0.1, -0.05) is 64.7 Å². The number of carboxylic acid groups (broad SMARTS) is 1. The Balaban J connectivity index is 1.94. The molecule has 0 aliphatic carbocycles. The number of hydrogen-bond donors (Lipinski definition) is 2. The molecule has 0 aromatic heterocycles. The Morgan fingerprint density at radius 2 is 1.68 bits per heavy atom. The van der Waals surface area contributed by atoms with Gasteiger partial charge < -0.3 is 5.11 Å². The van der Waals surface area contributed by atoms with Gasteiger partial charge in [0.05, 0.1) is 13.1 Å². The molecule has 2 N–H and O–H groups in total. The minimum atomic E-state index is -0.829. The molecular weight excluding hydrogens is 278 g/mol. The number of carbonyl (C=O) groups is 1. The van der Waals surface area contributed by atoms with Gasteiger partial charge in [-0.3, -0.25) is 14.8 Å². The highest BCUT2D eigenvalue weighted by Gasteiger charge is 2.16. The van der Waals surface area contributed by atoms with E-state index in [-0.39, 0.29) is 6.54 Å². The molecule has 0 unspecified atom stereocenters. The van der Waals surface area contributed by atoms with Crippen molar-refractivity contribution in [1.29, 1.82) is 0 Å². The lowest BCUT2D eigenvalue weighted by molar-refractivity contribution is -0.136. The lowest BCUT2D eigenvalue weighted by Gasteiger charge is -2.20. The number of aliphatic imine (C=N–C) groups is 1. The summed E-state index contributed by atoms with van der Waals surface area (Å²) in [5, 5.41) is 10.6. The van der Waals surface area contributed by atoms with Gasteiger partial charge >= 0.3 is 5.97 Å². The molecule has 0 aromatic rings. The Morgan fingerprint density at radius 3 is 2.27 bits per heavy atom. The van der Waals surface area contributed by atoms with Gasteiger partial charge in [-0.05, 0) is 6.42 Å². The van der Waals surface area contributed by atoms with Gasteiger partial charge in [0.15, 0.2) is 0 Å². The monoisotopic (exact) mass is 311 g/mol. The molecule has 0 atom stereocenters. The summed E-state index contributed by atoms with van der Waals surface area (Å²) in [5.41, 5.74) is 2.92. The van der Waals surface area contributed by atoms with Crippen molar-refractivity contribution in [2.45, 2.75) is 77.6 Å². The molecule has 5 nitrogen and oxygen atoms in total. The van der Waals surface area contributed by atoms with Gasteiger partial charge in [0.2, 0.25) is 0 Å². The molecule has 22 heavy (non-hydrogen) atoms. The highest BCUT2D eigenvalue weighted by atomic mass is 16.4. The highest BCUT2D eigenvalue weighted by Crippen LogP contribution is 2.13. The third kappa shape index (κ3) is 9.03. The van der Waals surface area contributed by atoms with Crippen molar-refractivity contribution in [3.05, 3.63) is 0 Å². The molecule has 0 spiro atoms. The predicted octanol–water partition coefficient (Wildman–Crippen LogP) is 3.60. The summed E-state index contributed by atoms with van der Waals surface area (Å²) in [6.45, 7) is 3.80. The number of hydrazine groups is 1. The second kappa shape index (κ2) is 12.4. The summed E-state index contributed by atoms with van der Waals surface area (Å²) in [6.07, 6.45) is 14.3. The third-order valence-electron chi connectivity index (χ3n) is 4.10. The number of nitrogens with one attached hydrogen (secondary N) is 1. The van der Waals surface area contributed by atoms with E-state index in [1.165, 1.54) is 57.8 Å². The number of unbranched alkanes of at least 4 members (excludes halogenated alkanes) is 9. The maximum atomic E-state index is 10.6. The molecule has 0 saturated heterocycles. The molecule has 1 aliphatic heterocycles. The second-order valence-corrected chi connectivity index (χ2v) is 6.11. The lowest BCUT2D eigenvalue weighted by Crippen LogP contribution is -2.43. The molecule has 0 fully saturated rings. The summed E-state index contributed by atoms with van der Waals surface area (Å²) in [7, 11) is 0. The minimum absolute atomic E-state index is 0.0307. The van der Waals surface area contributed by atoms with Crippen molar-refractivity contribution in [3.63, 3.8) is 0 Å². The maximum Gasteiger partial charge on any atom is 0.319 e. The van der Waals surface area contributed by atoms with Gasteiger partial charge in [-0.2, -0.15) is 0 Å². The predicted molar refractivity (Wildman–Crippen MR) is 91.1 cm³/mol. The van der Waals surface area contributed by atoms with Crippen molar-refractivity contribution in [2.75, 3.05) is 19.6 Å². The summed E-state index contributed by atoms with van der Waals surface area (Å²) in [5.74, 6) is 0.200. The Labute approximate surface area is 135 Å². The average molecular weight is 311 g/mol. The van der Waals surface area contributed by atoms with E-state index in [1.807, 2.05) is 5.01 Å². The Morgan fingerprint density at radius 1 is 1.09 bits per heavy atom. The van der Waals surface area contributed by atoms with Crippen LogP contribution < -0.4 is 5.43 Å². The third-order valence-corrected chi connectivity index (χ3v) is 4.10. The molecular formula is C17H33N3O2. The standard InChI is InChI=1S/C17H33N3O2/c1-2-3-4-5-6-7-8-9-10-11-12-16-18-13-14-20(16)19-15-17(21)22/h19H,2-15H2,1H3,(H,21,22). The SMILES string of the molecule is CCCCCCCCCCCCC1=NCCN1NCC(=O)O. The molecule has 5 heteroatoms. The fraction of sp³-hybridized carbons (Fsp3) is 0.882. The van der Waals surface area contributed by atoms with E-state index in [9.17, 15) is 4.79 Å². The summed E-state index contributed by atoms with van der Waals surface area (Å²) in [4.78, 5) is 15.0. The van der Waals surface area contributed by atoms with Crippen molar-refractivity contribution in [3.8, 4) is 0 Å². The van der Waals surface area contributed by atoms with Crippen LogP contribution in [-0.4, -0.2) is 41.6 Å². The summed E-state index contributed by atoms with van der Waals surface area (Å²) < 4.78 is 0. The Kier molecular flexibility index (Phi) is 10.7. The smallest absolute Gasteiger partial charge is 0.319 e. The van der Waals surface area contributed by atoms with E-state index in [4.69, 9.17) is 5.11 Å². The maximum absolute atomic E-state index is 10.6. The van der Waals surface area contributed by atoms with Crippen molar-refractivity contribution in [2.24, 2.45) is 4.99 Å². The Bertz CT molecular complexity index is 332. The number of nitrogens with zero attached hydrogens (tertiary/aromatic N) is 2. The van der Waals surface area contributed by atoms with Gasteiger partial charge in [0.1, 0.15) is 12.4 Å². The van der Waals surface area contributed by atoms with Crippen LogP contribution in [0.4, 0.5) is 0 Å². The molecule has 1 rings (SSSR count). The minimum Gasteiger partial charge on any atom is -0.480 e. The van der Waals surface area contributed by atoms with E-state index >= 15 is 0 Å². The topological polar surface area (TPSA) is 64.9 Å². The van der Waals surface area contributed by atoms with Crippen molar-refractivity contribution >= 4 is 11.8 Å². The van der Waals surface area contributed by atoms with E-state index in [0.717, 1.165) is 31.8 Å². The fourth-order valence-corrected chi connectivity index (χ4v) is 2.81. The van der Waals surface area contributed by atoms with Gasteiger partial charge in [-0.25, -0.2) is 5.43 Å². The molecule has 0 amide bonds. The van der Waals surface area contributed by atoms with Crippen LogP contribution in [0.3, 0.4) is 0 Å². The largest absolute Gasteiger partial charge is 0.480 e. The van der Waals surface area contributed by atoms with Gasteiger partial charge in [-0.15, -0.1) is 0 Å². The first-order chi connectivity index (χ1) is 10.7. The van der Waals surface area contributed by atoms with E-state index < -0.39 is 5.97 Å². The first kappa shape index (κ1) is 18.9. The number of carboxylic acids is 1. The second-order valence-electron chi connectivity index (χ2n) is 6.11. The van der Waals surface area contributed by atoms with Crippen molar-refractivity contribution < 1.29 is 9.90 Å². The van der Waals surface area contributed by atoms with E-state index in [2.05, 4.69) is 17.3 Å². The van der Waals surface area contributed by atoms with Crippen LogP contribution in [0, 0.1) is 0 Å². The number of rotatable bonds is 14. The molecule has 128 valence electrons. The normalized spacial score (nSPS) is 14.4. The first-order valence-electron chi connectivity index (χ1n) is 9.00. The fourth-order valence-electron chi connectivity index (χ4n) is 2.81. The van der Waals surface area contributed by atoms with E-state index in [1.54, 1.807) is 0 Å². The van der Waals surface area contributed by atoms with Gasteiger partial charge in [0, 0.05) is 6.42 Å². The molecule has 0 saturated carbocycles. The van der Waals surface area contributed by atoms with Crippen LogP contribution in [0.1, 0.15) is 77.6 Å². The summed E-state index contributed by atoms with van der Waals surface area (Å²) >= 11 is 0. The molecule has 0 aromatic carbocycles. The summed E-state index contributed by atoms with van der Waals surface area (Å²) in [6, 6.07) is 0. The van der Waals surface area contributed by atoms with Crippen molar-refractivity contribution in [1.82, 2.24) is 10.4 Å². The molecule has 1 aliphatic rings. The van der Waals surface area contributed by atoms with E-state index in [0.29, 0.717) is 0 Å². The van der Waals surface area contributed by atoms with Crippen LogP contribution in [0.2, 0.25) is 0 Å². The van der Waals surface area contributed by atoms with Crippen LogP contribution >= 0.6 is 0 Å². The Hall–Kier alpha value is -1.10. The lowest BCUT2D eigenvalue weighted by atomic mass is 10.1. The average Bonchev–Trinajstić information content (AvgIpc) is 2.94. The molecule has 0 radical (unpaired) electrons. The highest BCUT2D eigenvalue weighted by molar-refractivity contribution is 5.83. The number of aliphatic carboxylic acids is 1. The zero-order valence-electron chi connectivity index (χ0n) is 14.1. The van der Waals surface area contributed by atoms with Crippen LogP contribution in [-0.2, 0) is 4.79 Å². The molecule has 0 bridgehead atoms. The first-order valence-corrected chi connectivity index (χ1v) is 9.00. The zero-order chi connectivity index (χ0) is 16.0. The molecule has 1 heterocycles. The van der Waals surface area contributed by atoms with Crippen LogP contribution in [0.15, 0.2) is 4.99 Å². The number of hydrogen-bond acceptors (Lipinski definition) is 4. The zero-order valence-corrected chi connectivity index (χ0v) is 14.1. The van der Waals surface area contributed by atoms with Crippen LogP contribution in [0.25, 0.3) is 0 Å². The quantitative estimate of drug-likeness (QED) is 0.481. The van der Waals surface area contributed by atoms with Crippen LogP contribution in [0.5, 0.6) is 0 Å². The number of amidine groups is 1. The van der Waals surface area contributed by atoms with Gasteiger partial charge in [0.25, 0.3) is 0 Å².